The van der Waals surface area contributed by atoms with Crippen LogP contribution in [-0.4, -0.2) is 44.2 Å². The molecule has 0 N–H and O–H groups in total. The molecule has 156 valence electrons. The number of hydrogen-bond acceptors (Lipinski definition) is 4. The second-order valence-electron chi connectivity index (χ2n) is 6.96. The van der Waals surface area contributed by atoms with Crippen molar-refractivity contribution in [3.63, 3.8) is 0 Å². The van der Waals surface area contributed by atoms with E-state index >= 15 is 0 Å². The number of aryl methyl sites for hydroxylation is 1. The van der Waals surface area contributed by atoms with Gasteiger partial charge in [-0.05, 0) is 36.2 Å². The SMILES string of the molecule is COc1ccc(CCC(=O)N2CCC(Oc3ccc(F)cc3F)CC2)cc1OC. The fourth-order valence-corrected chi connectivity index (χ4v) is 3.42. The summed E-state index contributed by atoms with van der Waals surface area (Å²) in [7, 11) is 3.16. The molecule has 5 nitrogen and oxygen atoms in total. The topological polar surface area (TPSA) is 48.0 Å². The summed E-state index contributed by atoms with van der Waals surface area (Å²) in [5, 5.41) is 0. The van der Waals surface area contributed by atoms with Crippen LogP contribution in [0.2, 0.25) is 0 Å². The zero-order chi connectivity index (χ0) is 20.8. The number of nitrogens with zero attached hydrogens (tertiary/aromatic N) is 1. The van der Waals surface area contributed by atoms with Gasteiger partial charge < -0.3 is 19.1 Å². The van der Waals surface area contributed by atoms with Crippen molar-refractivity contribution in [3.8, 4) is 17.2 Å². The third kappa shape index (κ3) is 5.37. The average Bonchev–Trinajstić information content (AvgIpc) is 2.74. The minimum Gasteiger partial charge on any atom is -0.493 e. The maximum absolute atomic E-state index is 13.7. The maximum Gasteiger partial charge on any atom is 0.222 e. The highest BCUT2D eigenvalue weighted by Gasteiger charge is 2.24. The van der Waals surface area contributed by atoms with Gasteiger partial charge in [0.2, 0.25) is 5.91 Å². The lowest BCUT2D eigenvalue weighted by atomic mass is 10.1. The predicted octanol–water partition coefficient (Wildman–Crippen LogP) is 3.98. The molecule has 0 bridgehead atoms. The number of rotatable bonds is 7. The molecule has 3 rings (SSSR count). The Morgan fingerprint density at radius 2 is 1.69 bits per heavy atom. The summed E-state index contributed by atoms with van der Waals surface area (Å²) in [5.74, 6) is 0.0738. The van der Waals surface area contributed by atoms with E-state index in [1.54, 1.807) is 14.2 Å². The smallest absolute Gasteiger partial charge is 0.222 e. The number of piperidine rings is 1. The summed E-state index contributed by atoms with van der Waals surface area (Å²) in [5.41, 5.74) is 1.00. The molecule has 0 saturated carbocycles. The van der Waals surface area contributed by atoms with Crippen molar-refractivity contribution in [1.29, 1.82) is 0 Å². The lowest BCUT2D eigenvalue weighted by molar-refractivity contribution is -0.132. The summed E-state index contributed by atoms with van der Waals surface area (Å²) in [6.07, 6.45) is 2.03. The van der Waals surface area contributed by atoms with E-state index in [-0.39, 0.29) is 17.8 Å². The van der Waals surface area contributed by atoms with E-state index in [9.17, 15) is 13.6 Å². The van der Waals surface area contributed by atoms with Crippen molar-refractivity contribution in [2.45, 2.75) is 31.8 Å². The zero-order valence-electron chi connectivity index (χ0n) is 16.6. The second kappa shape index (κ2) is 9.58. The minimum absolute atomic E-state index is 0.0460. The van der Waals surface area contributed by atoms with Gasteiger partial charge in [0.15, 0.2) is 23.1 Å². The molecule has 1 amide bonds. The van der Waals surface area contributed by atoms with Crippen LogP contribution in [0.25, 0.3) is 0 Å². The Bertz CT molecular complexity index is 851. The highest BCUT2D eigenvalue weighted by molar-refractivity contribution is 5.76. The molecule has 1 saturated heterocycles. The van der Waals surface area contributed by atoms with E-state index in [2.05, 4.69) is 0 Å². The number of benzene rings is 2. The molecule has 0 atom stereocenters. The van der Waals surface area contributed by atoms with Crippen LogP contribution in [0, 0.1) is 11.6 Å². The number of ether oxygens (including phenoxy) is 3. The molecule has 1 fully saturated rings. The van der Waals surface area contributed by atoms with Gasteiger partial charge in [-0.3, -0.25) is 4.79 Å². The van der Waals surface area contributed by atoms with Crippen LogP contribution in [-0.2, 0) is 11.2 Å². The standard InChI is InChI=1S/C22H25F2NO4/c1-27-20-6-3-15(13-21(20)28-2)4-8-22(26)25-11-9-17(10-12-25)29-19-7-5-16(23)14-18(19)24/h3,5-7,13-14,17H,4,8-12H2,1-2H3. The Kier molecular flexibility index (Phi) is 6.90. The maximum atomic E-state index is 13.7. The minimum atomic E-state index is -0.710. The van der Waals surface area contributed by atoms with Gasteiger partial charge in [-0.15, -0.1) is 0 Å². The zero-order valence-corrected chi connectivity index (χ0v) is 16.6. The van der Waals surface area contributed by atoms with Crippen molar-refractivity contribution in [3.05, 3.63) is 53.6 Å². The van der Waals surface area contributed by atoms with Gasteiger partial charge in [-0.1, -0.05) is 6.07 Å². The molecule has 7 heteroatoms. The number of methoxy groups -OCH3 is 2. The summed E-state index contributed by atoms with van der Waals surface area (Å²) in [4.78, 5) is 14.3. The molecular weight excluding hydrogens is 380 g/mol. The first-order chi connectivity index (χ1) is 14.0. The number of hydrogen-bond donors (Lipinski definition) is 0. The van der Waals surface area contributed by atoms with Crippen LogP contribution in [0.5, 0.6) is 17.2 Å². The van der Waals surface area contributed by atoms with Crippen LogP contribution < -0.4 is 14.2 Å². The Labute approximate surface area is 169 Å². The second-order valence-corrected chi connectivity index (χ2v) is 6.96. The fourth-order valence-electron chi connectivity index (χ4n) is 3.42. The Morgan fingerprint density at radius 3 is 2.34 bits per heavy atom. The van der Waals surface area contributed by atoms with E-state index in [0.717, 1.165) is 11.6 Å². The lowest BCUT2D eigenvalue weighted by Gasteiger charge is -2.32. The number of carbonyl (C=O) groups excluding carboxylic acids is 1. The van der Waals surface area contributed by atoms with E-state index in [1.807, 2.05) is 23.1 Å². The fraction of sp³-hybridized carbons (Fsp3) is 0.409. The normalized spacial score (nSPS) is 14.6. The van der Waals surface area contributed by atoms with Crippen molar-refractivity contribution in [1.82, 2.24) is 4.90 Å². The molecule has 0 unspecified atom stereocenters. The van der Waals surface area contributed by atoms with Crippen molar-refractivity contribution < 1.29 is 27.8 Å². The number of halogens is 2. The average molecular weight is 405 g/mol. The number of likely N-dealkylation sites (tertiary alicyclic amines) is 1. The molecule has 0 spiro atoms. The van der Waals surface area contributed by atoms with Gasteiger partial charge in [0, 0.05) is 38.4 Å². The van der Waals surface area contributed by atoms with Gasteiger partial charge in [0.25, 0.3) is 0 Å². The predicted molar refractivity (Wildman–Crippen MR) is 104 cm³/mol. The molecule has 2 aromatic rings. The first-order valence-corrected chi connectivity index (χ1v) is 9.60. The van der Waals surface area contributed by atoms with Gasteiger partial charge in [-0.25, -0.2) is 8.78 Å². The summed E-state index contributed by atoms with van der Waals surface area (Å²) in [6, 6.07) is 8.91. The Balaban J connectivity index is 1.47. The molecule has 0 aromatic heterocycles. The van der Waals surface area contributed by atoms with Gasteiger partial charge in [0.1, 0.15) is 11.9 Å². The molecular formula is C22H25F2NO4. The van der Waals surface area contributed by atoms with Crippen LogP contribution >= 0.6 is 0 Å². The summed E-state index contributed by atoms with van der Waals surface area (Å²) < 4.78 is 42.9. The quantitative estimate of drug-likeness (QED) is 0.699. The first-order valence-electron chi connectivity index (χ1n) is 9.60. The number of carbonyl (C=O) groups is 1. The van der Waals surface area contributed by atoms with Gasteiger partial charge in [0.05, 0.1) is 14.2 Å². The third-order valence-corrected chi connectivity index (χ3v) is 5.06. The largest absolute Gasteiger partial charge is 0.493 e. The molecule has 1 aliphatic heterocycles. The Morgan fingerprint density at radius 1 is 1.00 bits per heavy atom. The molecule has 2 aromatic carbocycles. The lowest BCUT2D eigenvalue weighted by Crippen LogP contribution is -2.41. The van der Waals surface area contributed by atoms with Crippen molar-refractivity contribution in [2.24, 2.45) is 0 Å². The first kappa shape index (κ1) is 20.9. The highest BCUT2D eigenvalue weighted by atomic mass is 19.1. The van der Waals surface area contributed by atoms with Gasteiger partial charge >= 0.3 is 0 Å². The van der Waals surface area contributed by atoms with E-state index in [0.29, 0.717) is 50.3 Å². The van der Waals surface area contributed by atoms with Crippen molar-refractivity contribution >= 4 is 5.91 Å². The van der Waals surface area contributed by atoms with E-state index < -0.39 is 11.6 Å². The molecule has 0 aliphatic carbocycles. The van der Waals surface area contributed by atoms with Crippen molar-refractivity contribution in [2.75, 3.05) is 27.3 Å². The van der Waals surface area contributed by atoms with E-state index in [4.69, 9.17) is 14.2 Å². The van der Waals surface area contributed by atoms with Crippen LogP contribution in [0.3, 0.4) is 0 Å². The monoisotopic (exact) mass is 405 g/mol. The summed E-state index contributed by atoms with van der Waals surface area (Å²) >= 11 is 0. The third-order valence-electron chi connectivity index (χ3n) is 5.06. The van der Waals surface area contributed by atoms with E-state index in [1.165, 1.54) is 12.1 Å². The molecule has 1 aliphatic rings. The van der Waals surface area contributed by atoms with Crippen LogP contribution in [0.4, 0.5) is 8.78 Å². The van der Waals surface area contributed by atoms with Crippen LogP contribution in [0.1, 0.15) is 24.8 Å². The van der Waals surface area contributed by atoms with Gasteiger partial charge in [-0.2, -0.15) is 0 Å². The molecule has 0 radical (unpaired) electrons. The molecule has 1 heterocycles. The molecule has 29 heavy (non-hydrogen) atoms. The number of amides is 1. The Hall–Kier alpha value is -2.83. The summed E-state index contributed by atoms with van der Waals surface area (Å²) in [6.45, 7) is 1.11. The van der Waals surface area contributed by atoms with Crippen LogP contribution in [0.15, 0.2) is 36.4 Å². The highest BCUT2D eigenvalue weighted by Crippen LogP contribution is 2.28.